The van der Waals surface area contributed by atoms with Crippen molar-refractivity contribution in [3.8, 4) is 70.0 Å². The molecule has 0 fully saturated rings. The maximum atomic E-state index is 10.1. The molecule has 0 saturated carbocycles. The Bertz CT molecular complexity index is 2290. The lowest BCUT2D eigenvalue weighted by atomic mass is 9.99. The van der Waals surface area contributed by atoms with Crippen LogP contribution in [0.3, 0.4) is 0 Å². The number of phenols is 2. The van der Waals surface area contributed by atoms with Gasteiger partial charge in [-0.1, -0.05) is 90.1 Å². The Hall–Kier alpha value is -7.20. The van der Waals surface area contributed by atoms with Gasteiger partial charge in [-0.15, -0.1) is 0 Å². The third-order valence-corrected chi connectivity index (χ3v) is 7.02. The van der Waals surface area contributed by atoms with Crippen LogP contribution in [0, 0.1) is 35.5 Å². The molecule has 230 valence electrons. The van der Waals surface area contributed by atoms with Crippen molar-refractivity contribution in [3.05, 3.63) is 167 Å². The minimum Gasteiger partial charge on any atom is -0.506 e. The molecule has 6 rings (SSSR count). The van der Waals surface area contributed by atoms with Gasteiger partial charge in [0, 0.05) is 34.4 Å². The SMILES string of the molecule is Nc1cc(Oc2cc(C#Cc3ccccc3)c(C#Cc3ccccc3)c(Oc3ccc(O)c(N)c3)c2C#Cc2ccccc2)ccc1O. The molecule has 6 aromatic carbocycles. The second-order valence-electron chi connectivity index (χ2n) is 10.5. The zero-order valence-corrected chi connectivity index (χ0v) is 25.6. The summed E-state index contributed by atoms with van der Waals surface area (Å²) < 4.78 is 13.0. The van der Waals surface area contributed by atoms with Gasteiger partial charge in [-0.25, -0.2) is 0 Å². The Morgan fingerprint density at radius 2 is 0.875 bits per heavy atom. The maximum absolute atomic E-state index is 10.1. The molecule has 6 N–H and O–H groups in total. The number of ether oxygens (including phenoxy) is 2. The van der Waals surface area contributed by atoms with Crippen LogP contribution in [0.5, 0.6) is 34.5 Å². The number of hydrogen-bond donors (Lipinski definition) is 4. The van der Waals surface area contributed by atoms with Gasteiger partial charge in [-0.3, -0.25) is 0 Å². The third-order valence-electron chi connectivity index (χ3n) is 7.02. The van der Waals surface area contributed by atoms with E-state index in [1.54, 1.807) is 18.2 Å². The van der Waals surface area contributed by atoms with Gasteiger partial charge >= 0.3 is 0 Å². The molecule has 0 amide bonds. The lowest BCUT2D eigenvalue weighted by Gasteiger charge is -2.17. The van der Waals surface area contributed by atoms with Crippen molar-refractivity contribution in [2.75, 3.05) is 11.5 Å². The summed E-state index contributed by atoms with van der Waals surface area (Å²) in [6.45, 7) is 0. The molecular weight excluding hydrogens is 596 g/mol. The Kier molecular flexibility index (Phi) is 9.16. The molecule has 0 bridgehead atoms. The Morgan fingerprint density at radius 3 is 1.35 bits per heavy atom. The van der Waals surface area contributed by atoms with E-state index in [2.05, 4.69) is 35.5 Å². The second kappa shape index (κ2) is 14.3. The monoisotopic (exact) mass is 624 g/mol. The summed E-state index contributed by atoms with van der Waals surface area (Å²) in [6, 6.07) is 39.5. The quantitative estimate of drug-likeness (QED) is 0.0898. The van der Waals surface area contributed by atoms with Crippen LogP contribution < -0.4 is 20.9 Å². The van der Waals surface area contributed by atoms with E-state index in [0.717, 1.165) is 16.7 Å². The zero-order valence-electron chi connectivity index (χ0n) is 25.6. The molecule has 48 heavy (non-hydrogen) atoms. The van der Waals surface area contributed by atoms with Crippen molar-refractivity contribution in [2.45, 2.75) is 0 Å². The number of nitrogens with two attached hydrogens (primary N) is 2. The van der Waals surface area contributed by atoms with E-state index in [0.29, 0.717) is 33.9 Å². The van der Waals surface area contributed by atoms with Crippen LogP contribution >= 0.6 is 0 Å². The summed E-state index contributed by atoms with van der Waals surface area (Å²) in [5.41, 5.74) is 16.1. The average molecular weight is 625 g/mol. The number of benzene rings is 6. The molecule has 0 spiro atoms. The second-order valence-corrected chi connectivity index (χ2v) is 10.5. The lowest BCUT2D eigenvalue weighted by Crippen LogP contribution is -2.01. The van der Waals surface area contributed by atoms with Crippen LogP contribution in [0.2, 0.25) is 0 Å². The fourth-order valence-electron chi connectivity index (χ4n) is 4.57. The van der Waals surface area contributed by atoms with E-state index in [1.165, 1.54) is 24.3 Å². The summed E-state index contributed by atoms with van der Waals surface area (Å²) in [5.74, 6) is 20.6. The molecule has 0 aliphatic carbocycles. The molecular formula is C42H28N2O4. The van der Waals surface area contributed by atoms with E-state index < -0.39 is 0 Å². The van der Waals surface area contributed by atoms with Gasteiger partial charge in [0.05, 0.1) is 16.9 Å². The normalized spacial score (nSPS) is 9.92. The Labute approximate surface area is 278 Å². The fraction of sp³-hybridized carbons (Fsp3) is 0. The van der Waals surface area contributed by atoms with Gasteiger partial charge in [0.25, 0.3) is 0 Å². The van der Waals surface area contributed by atoms with Gasteiger partial charge in [-0.05, 0) is 66.7 Å². The standard InChI is InChI=1S/C42H28N2O4/c43-37-27-33(20-24-39(37)45)47-41-26-32(19-16-29-10-4-1-5-11-29)35(22-17-30-12-6-2-7-13-30)42(48-34-21-25-40(46)38(44)28-34)36(41)23-18-31-14-8-3-9-15-31/h1-15,20-21,24-28,45-46H,43-44H2. The minimum absolute atomic E-state index is 0.0682. The van der Waals surface area contributed by atoms with Crippen LogP contribution in [-0.4, -0.2) is 10.2 Å². The number of nitrogen functional groups attached to an aromatic ring is 2. The van der Waals surface area contributed by atoms with Gasteiger partial charge in [0.2, 0.25) is 0 Å². The molecule has 0 aliphatic rings. The molecule has 0 atom stereocenters. The molecule has 6 aromatic rings. The average Bonchev–Trinajstić information content (AvgIpc) is 3.11. The predicted molar refractivity (Wildman–Crippen MR) is 189 cm³/mol. The van der Waals surface area contributed by atoms with Crippen molar-refractivity contribution in [3.63, 3.8) is 0 Å². The summed E-state index contributed by atoms with van der Waals surface area (Å²) >= 11 is 0. The van der Waals surface area contributed by atoms with Gasteiger partial charge < -0.3 is 31.2 Å². The molecule has 0 radical (unpaired) electrons. The van der Waals surface area contributed by atoms with Crippen molar-refractivity contribution in [2.24, 2.45) is 0 Å². The first kappa shape index (κ1) is 30.8. The number of anilines is 2. The van der Waals surface area contributed by atoms with E-state index >= 15 is 0 Å². The summed E-state index contributed by atoms with van der Waals surface area (Å²) in [6.07, 6.45) is 0. The fourth-order valence-corrected chi connectivity index (χ4v) is 4.57. The molecule has 0 saturated heterocycles. The van der Waals surface area contributed by atoms with E-state index in [4.69, 9.17) is 20.9 Å². The molecule has 0 aliphatic heterocycles. The predicted octanol–water partition coefficient (Wildman–Crippen LogP) is 8.05. The topological polar surface area (TPSA) is 111 Å². The van der Waals surface area contributed by atoms with Crippen molar-refractivity contribution >= 4 is 11.4 Å². The van der Waals surface area contributed by atoms with Crippen LogP contribution in [0.4, 0.5) is 11.4 Å². The summed E-state index contributed by atoms with van der Waals surface area (Å²) in [5, 5.41) is 20.2. The van der Waals surface area contributed by atoms with Gasteiger partial charge in [0.1, 0.15) is 34.3 Å². The third kappa shape index (κ3) is 7.53. The van der Waals surface area contributed by atoms with Crippen LogP contribution in [-0.2, 0) is 0 Å². The van der Waals surface area contributed by atoms with E-state index in [9.17, 15) is 10.2 Å². The van der Waals surface area contributed by atoms with Crippen molar-refractivity contribution < 1.29 is 19.7 Å². The first-order valence-electron chi connectivity index (χ1n) is 14.9. The Balaban J connectivity index is 1.65. The Morgan fingerprint density at radius 1 is 0.438 bits per heavy atom. The van der Waals surface area contributed by atoms with Gasteiger partial charge in [-0.2, -0.15) is 0 Å². The number of hydrogen-bond acceptors (Lipinski definition) is 6. The number of phenolic OH excluding ortho intramolecular Hbond substituents is 2. The smallest absolute Gasteiger partial charge is 0.163 e. The summed E-state index contributed by atoms with van der Waals surface area (Å²) in [7, 11) is 0. The highest BCUT2D eigenvalue weighted by atomic mass is 16.5. The van der Waals surface area contributed by atoms with Gasteiger partial charge in [0.15, 0.2) is 5.75 Å². The number of aromatic hydroxyl groups is 2. The molecule has 0 unspecified atom stereocenters. The minimum atomic E-state index is -0.0769. The number of rotatable bonds is 4. The molecule has 6 nitrogen and oxygen atoms in total. The molecule has 0 heterocycles. The molecule has 6 heteroatoms. The summed E-state index contributed by atoms with van der Waals surface area (Å²) in [4.78, 5) is 0. The molecule has 0 aromatic heterocycles. The highest BCUT2D eigenvalue weighted by molar-refractivity contribution is 5.72. The van der Waals surface area contributed by atoms with Crippen LogP contribution in [0.1, 0.15) is 33.4 Å². The van der Waals surface area contributed by atoms with Crippen molar-refractivity contribution in [1.29, 1.82) is 0 Å². The first-order valence-corrected chi connectivity index (χ1v) is 14.9. The first-order chi connectivity index (χ1) is 23.4. The van der Waals surface area contributed by atoms with Crippen LogP contribution in [0.25, 0.3) is 0 Å². The highest BCUT2D eigenvalue weighted by Gasteiger charge is 2.21. The highest BCUT2D eigenvalue weighted by Crippen LogP contribution is 2.41. The van der Waals surface area contributed by atoms with Crippen molar-refractivity contribution in [1.82, 2.24) is 0 Å². The maximum Gasteiger partial charge on any atom is 0.163 e. The van der Waals surface area contributed by atoms with E-state index in [1.807, 2.05) is 91.0 Å². The van der Waals surface area contributed by atoms with Crippen LogP contribution in [0.15, 0.2) is 133 Å². The zero-order chi connectivity index (χ0) is 33.3. The lowest BCUT2D eigenvalue weighted by molar-refractivity contribution is 0.450. The largest absolute Gasteiger partial charge is 0.506 e. The van der Waals surface area contributed by atoms with E-state index in [-0.39, 0.29) is 28.6 Å².